The summed E-state index contributed by atoms with van der Waals surface area (Å²) in [5.41, 5.74) is 1.96. The van der Waals surface area contributed by atoms with E-state index < -0.39 is 11.5 Å². The maximum Gasteiger partial charge on any atom is 0.150 e. The summed E-state index contributed by atoms with van der Waals surface area (Å²) in [5, 5.41) is 7.44. The second-order valence-electron chi connectivity index (χ2n) is 7.12. The van der Waals surface area contributed by atoms with E-state index in [1.807, 2.05) is 19.9 Å². The fraction of sp³-hybridized carbons (Fsp3) is 0.600. The largest absolute Gasteiger partial charge is 0.376 e. The third kappa shape index (κ3) is 4.83. The number of Topliss-reactive ketones (excluding diaryl/α,β-unsaturated/α-hetero) is 1. The van der Waals surface area contributed by atoms with Crippen molar-refractivity contribution in [2.24, 2.45) is 10.9 Å². The molecular weight excluding hydrogens is 332 g/mol. The minimum atomic E-state index is -0.926. The van der Waals surface area contributed by atoms with Crippen LogP contribution < -0.4 is 0 Å². The zero-order valence-electron chi connectivity index (χ0n) is 15.8. The molecule has 2 atom stereocenters. The van der Waals surface area contributed by atoms with Gasteiger partial charge in [0, 0.05) is 36.4 Å². The Morgan fingerprint density at radius 2 is 2.31 bits per heavy atom. The van der Waals surface area contributed by atoms with Crippen molar-refractivity contribution in [3.05, 3.63) is 23.3 Å². The normalized spacial score (nSPS) is 27.2. The van der Waals surface area contributed by atoms with Gasteiger partial charge in [0.1, 0.15) is 23.6 Å². The van der Waals surface area contributed by atoms with Crippen molar-refractivity contribution < 1.29 is 19.1 Å². The minimum absolute atomic E-state index is 0.114. The summed E-state index contributed by atoms with van der Waals surface area (Å²) >= 11 is 0. The van der Waals surface area contributed by atoms with Crippen LogP contribution in [0.15, 0.2) is 28.3 Å². The van der Waals surface area contributed by atoms with E-state index in [1.165, 1.54) is 6.21 Å². The number of ether oxygens (including phenoxy) is 2. The van der Waals surface area contributed by atoms with Crippen molar-refractivity contribution >= 4 is 24.0 Å². The van der Waals surface area contributed by atoms with Gasteiger partial charge >= 0.3 is 0 Å². The van der Waals surface area contributed by atoms with Crippen LogP contribution in [0, 0.1) is 11.3 Å². The Labute approximate surface area is 154 Å². The summed E-state index contributed by atoms with van der Waals surface area (Å²) in [5.74, 6) is -0.890. The maximum absolute atomic E-state index is 12.0. The lowest BCUT2D eigenvalue weighted by atomic mass is 9.81. The molecule has 0 spiro atoms. The Kier molecular flexibility index (Phi) is 7.17. The molecule has 0 aromatic heterocycles. The number of aliphatic imine (C=N–C) groups is 1. The molecule has 1 heterocycles. The second kappa shape index (κ2) is 9.14. The van der Waals surface area contributed by atoms with Gasteiger partial charge in [-0.15, -0.1) is 0 Å². The first-order valence-corrected chi connectivity index (χ1v) is 9.05. The standard InChI is InChI=1S/C20H28N2O4/c1-14(2)22-18(6-9-21)16-13-25-10-7-15(16)12-26-20(3)8-4-5-19(24)17(20)11-23/h4,8-9,11,14,17,21H,5-7,10,12-13H2,1-3H3. The van der Waals surface area contributed by atoms with E-state index in [0.717, 1.165) is 16.9 Å². The topological polar surface area (TPSA) is 88.8 Å². The number of carbonyl (C=O) groups excluding carboxylic acids is 2. The van der Waals surface area contributed by atoms with Crippen molar-refractivity contribution in [3.8, 4) is 0 Å². The van der Waals surface area contributed by atoms with Crippen molar-refractivity contribution in [2.45, 2.75) is 51.7 Å². The van der Waals surface area contributed by atoms with Crippen molar-refractivity contribution in [3.63, 3.8) is 0 Å². The molecule has 1 N–H and O–H groups in total. The monoisotopic (exact) mass is 360 g/mol. The van der Waals surface area contributed by atoms with Gasteiger partial charge < -0.3 is 19.7 Å². The van der Waals surface area contributed by atoms with Gasteiger partial charge in [0.25, 0.3) is 0 Å². The molecule has 0 saturated heterocycles. The average Bonchev–Trinajstić information content (AvgIpc) is 2.60. The van der Waals surface area contributed by atoms with Crippen molar-refractivity contribution in [1.29, 1.82) is 5.41 Å². The summed E-state index contributed by atoms with van der Waals surface area (Å²) < 4.78 is 11.7. The number of rotatable bonds is 8. The molecule has 0 amide bonds. The van der Waals surface area contributed by atoms with Crippen LogP contribution in [0.5, 0.6) is 0 Å². The fourth-order valence-corrected chi connectivity index (χ4v) is 3.28. The van der Waals surface area contributed by atoms with Gasteiger partial charge in [-0.05, 0) is 32.8 Å². The van der Waals surface area contributed by atoms with Crippen LogP contribution in [0.3, 0.4) is 0 Å². The smallest absolute Gasteiger partial charge is 0.150 e. The molecule has 0 bridgehead atoms. The highest BCUT2D eigenvalue weighted by Crippen LogP contribution is 2.30. The number of nitrogens with one attached hydrogen (secondary N) is 1. The number of ketones is 1. The SMILES string of the molecule is CC(C)N=C(CC=N)C1=C(COC2(C)C=CCC(=O)C2C=O)CCOC1. The molecule has 26 heavy (non-hydrogen) atoms. The highest BCUT2D eigenvalue weighted by Gasteiger charge is 2.40. The molecule has 6 nitrogen and oxygen atoms in total. The Hall–Kier alpha value is -1.92. The van der Waals surface area contributed by atoms with Gasteiger partial charge in [-0.25, -0.2) is 0 Å². The van der Waals surface area contributed by atoms with E-state index in [1.54, 1.807) is 13.0 Å². The molecule has 0 fully saturated rings. The number of carbonyl (C=O) groups is 2. The average molecular weight is 360 g/mol. The summed E-state index contributed by atoms with van der Waals surface area (Å²) in [6, 6.07) is 0.123. The molecule has 0 saturated carbocycles. The second-order valence-corrected chi connectivity index (χ2v) is 7.12. The van der Waals surface area contributed by atoms with E-state index in [-0.39, 0.29) is 18.2 Å². The van der Waals surface area contributed by atoms with Crippen LogP contribution in [0.1, 0.15) is 40.0 Å². The number of aldehydes is 1. The first-order chi connectivity index (χ1) is 12.4. The maximum atomic E-state index is 12.0. The highest BCUT2D eigenvalue weighted by molar-refractivity contribution is 6.07. The van der Waals surface area contributed by atoms with E-state index in [0.29, 0.717) is 38.9 Å². The Bertz CT molecular complexity index is 648. The zero-order valence-corrected chi connectivity index (χ0v) is 15.8. The molecule has 2 unspecified atom stereocenters. The lowest BCUT2D eigenvalue weighted by Crippen LogP contribution is -2.44. The van der Waals surface area contributed by atoms with E-state index >= 15 is 0 Å². The van der Waals surface area contributed by atoms with E-state index in [2.05, 4.69) is 4.99 Å². The fourth-order valence-electron chi connectivity index (χ4n) is 3.28. The Balaban J connectivity index is 2.26. The molecule has 6 heteroatoms. The quantitative estimate of drug-likeness (QED) is 0.312. The molecule has 142 valence electrons. The third-order valence-corrected chi connectivity index (χ3v) is 4.70. The first kappa shape index (κ1) is 20.4. The van der Waals surface area contributed by atoms with Crippen molar-refractivity contribution in [1.82, 2.24) is 0 Å². The molecular formula is C20H28N2O4. The van der Waals surface area contributed by atoms with Crippen LogP contribution in [0.25, 0.3) is 0 Å². The number of allylic oxidation sites excluding steroid dienone is 1. The summed E-state index contributed by atoms with van der Waals surface area (Å²) in [6.45, 7) is 7.13. The molecule has 0 aromatic carbocycles. The van der Waals surface area contributed by atoms with Crippen LogP contribution >= 0.6 is 0 Å². The van der Waals surface area contributed by atoms with Gasteiger partial charge in [-0.2, -0.15) is 0 Å². The van der Waals surface area contributed by atoms with Crippen LogP contribution in [-0.4, -0.2) is 55.5 Å². The van der Waals surface area contributed by atoms with Gasteiger partial charge in [-0.3, -0.25) is 9.79 Å². The molecule has 0 radical (unpaired) electrons. The summed E-state index contributed by atoms with van der Waals surface area (Å²) in [7, 11) is 0. The lowest BCUT2D eigenvalue weighted by Gasteiger charge is -2.34. The predicted octanol–water partition coefficient (Wildman–Crippen LogP) is 2.71. The Morgan fingerprint density at radius 3 is 2.96 bits per heavy atom. The van der Waals surface area contributed by atoms with E-state index in [9.17, 15) is 9.59 Å². The number of hydrogen-bond donors (Lipinski definition) is 1. The van der Waals surface area contributed by atoms with Crippen LogP contribution in [-0.2, 0) is 19.1 Å². The Morgan fingerprint density at radius 1 is 1.54 bits per heavy atom. The molecule has 2 aliphatic rings. The van der Waals surface area contributed by atoms with Gasteiger partial charge in [-0.1, -0.05) is 12.2 Å². The highest BCUT2D eigenvalue weighted by atomic mass is 16.5. The lowest BCUT2D eigenvalue weighted by molar-refractivity contribution is -0.138. The van der Waals surface area contributed by atoms with Gasteiger partial charge in [0.2, 0.25) is 0 Å². The van der Waals surface area contributed by atoms with Crippen LogP contribution in [0.2, 0.25) is 0 Å². The minimum Gasteiger partial charge on any atom is -0.376 e. The number of nitrogens with zero attached hydrogens (tertiary/aromatic N) is 1. The van der Waals surface area contributed by atoms with E-state index in [4.69, 9.17) is 14.9 Å². The molecule has 0 aromatic rings. The van der Waals surface area contributed by atoms with Gasteiger partial charge in [0.15, 0.2) is 0 Å². The molecule has 1 aliphatic carbocycles. The first-order valence-electron chi connectivity index (χ1n) is 9.05. The molecule has 1 aliphatic heterocycles. The summed E-state index contributed by atoms with van der Waals surface area (Å²) in [6.07, 6.45) is 7.04. The summed E-state index contributed by atoms with van der Waals surface area (Å²) in [4.78, 5) is 28.1. The number of hydrogen-bond acceptors (Lipinski definition) is 6. The van der Waals surface area contributed by atoms with Crippen molar-refractivity contribution in [2.75, 3.05) is 19.8 Å². The third-order valence-electron chi connectivity index (χ3n) is 4.70. The van der Waals surface area contributed by atoms with Crippen LogP contribution in [0.4, 0.5) is 0 Å². The zero-order chi connectivity index (χ0) is 19.2. The predicted molar refractivity (Wildman–Crippen MR) is 101 cm³/mol. The van der Waals surface area contributed by atoms with Gasteiger partial charge in [0.05, 0.1) is 19.8 Å². The molecule has 2 rings (SSSR count).